The average Bonchev–Trinajstić information content (AvgIpc) is 1.61. The number of rotatable bonds is 6. The summed E-state index contributed by atoms with van der Waals surface area (Å²) in [6.07, 6.45) is -22.2. The summed E-state index contributed by atoms with van der Waals surface area (Å²) >= 11 is 31.1. The zero-order valence-electron chi connectivity index (χ0n) is 66.8. The fourth-order valence-corrected chi connectivity index (χ4v) is 26.0. The summed E-state index contributed by atoms with van der Waals surface area (Å²) in [5.74, 6) is -0.704. The lowest BCUT2D eigenvalue weighted by atomic mass is 10.1. The number of aliphatic hydroxyl groups excluding tert-OH is 1. The van der Waals surface area contributed by atoms with E-state index in [-0.39, 0.29) is 87.0 Å². The molecule has 21 rings (SSSR count). The first-order chi connectivity index (χ1) is 63.5. The van der Waals surface area contributed by atoms with E-state index in [0.29, 0.717) is 28.1 Å². The number of halogens is 4. The molecule has 0 spiro atoms. The van der Waals surface area contributed by atoms with E-state index in [0.717, 1.165) is 33.6 Å². The lowest BCUT2D eigenvalue weighted by Crippen LogP contribution is -2.35. The number of thiol groups is 1. The van der Waals surface area contributed by atoms with Gasteiger partial charge in [-0.05, 0) is 77.2 Å². The van der Waals surface area contributed by atoms with Crippen molar-refractivity contribution in [2.24, 2.45) is 0 Å². The molecule has 12 aromatic heterocycles. The maximum absolute atomic E-state index is 16.0. The van der Waals surface area contributed by atoms with Gasteiger partial charge in [-0.1, -0.05) is 22.7 Å². The van der Waals surface area contributed by atoms with Crippen LogP contribution in [0, 0.1) is 0 Å². The Hall–Kier alpha value is -7.45. The molecule has 0 radical (unpaired) electrons. The molecule has 56 nitrogen and oxygen atoms in total. The Balaban J connectivity index is 0.000000129. The Bertz CT molecular complexity index is 6840. The second-order valence-corrected chi connectivity index (χ2v) is 48.5. The van der Waals surface area contributed by atoms with Gasteiger partial charge in [-0.2, -0.15) is 24.7 Å². The van der Waals surface area contributed by atoms with Gasteiger partial charge in [-0.3, -0.25) is 70.2 Å². The van der Waals surface area contributed by atoms with Gasteiger partial charge in [0.05, 0.1) is 105 Å². The number of pyridine rings is 2. The molecule has 9 saturated heterocycles. The van der Waals surface area contributed by atoms with E-state index in [4.69, 9.17) is 171 Å². The molecule has 9 fully saturated rings. The molecule has 6 unspecified atom stereocenters. The number of thioether (sulfide) groups is 1. The van der Waals surface area contributed by atoms with Crippen LogP contribution in [0.25, 0.3) is 61.5 Å². The number of nitrogens with zero attached hydrogens (tertiary/aromatic N) is 20. The highest BCUT2D eigenvalue weighted by atomic mass is 32.7. The van der Waals surface area contributed by atoms with Crippen molar-refractivity contribution < 1.29 is 130 Å². The number of aromatic amines is 3. The molecule has 9 aliphatic heterocycles. The summed E-state index contributed by atoms with van der Waals surface area (Å²) in [7, 11) is 0. The number of ether oxygens (including phenoxy) is 5. The van der Waals surface area contributed by atoms with Crippen LogP contribution in [0.15, 0.2) is 76.4 Å². The van der Waals surface area contributed by atoms with Crippen molar-refractivity contribution in [3.63, 3.8) is 0 Å². The van der Waals surface area contributed by atoms with Gasteiger partial charge in [0.1, 0.15) is 84.1 Å². The number of fused-ring (bicyclic) bond motifs is 15. The third-order valence-corrected chi connectivity index (χ3v) is 32.7. The average molecular weight is 2130 g/mol. The van der Waals surface area contributed by atoms with E-state index in [2.05, 4.69) is 97.8 Å². The minimum atomic E-state index is -4.34. The quantitative estimate of drug-likeness (QED) is 0.0615. The molecule has 21 heterocycles. The standard InChI is InChI=1S/2C21H23F2N9O9P2S2.C19H23N11O9P2S3/c22-10-8-3-36-42(34,44)40-14-9(39-19(11(14)23)31-5-27-12-7(24)1-2-26-16(12)31)4-37-43(35,45)41-15(10)20(38-8)32-6-28-13-17(32)29-21(25)30-18(13)33;22-11-9-4-36-42(34,44)40-15-10(38-14(12(15)23)8-3-26-17-7(24)1-2-28-32(8)17)5-37-43(35,45)41-16(11)20(39-9)31-6-27-13-18(31)29-21(25)30-19(13)33;20-6-1-2-22-15-11(6)25-27-29(15)10-3-7-8(37-10)4-35-41(34,43)39-14-13(31)9(5-36-40(33,42)38-7)44-18(14)30-16-12(26-28-30)17(32)24-19(21)23-16/h1-2,5-6,8-11,14-15,19-20H,3-4H2,(H2,24,26)(H,34,44)(H,35,45)(H3,25,29,30,33);1-3,6,9-12,14-16,20H,4-5,24H2,(H,34,44)(H,35,45)(H3,25,29,30,33);1-2,7-10,13-14,18,31H,3-5H2,(H2,20,22)(H,33,42)(H,34,43)(H3,21,23,24,32)/t8-,9-,10-,11-,14-,15-,19-,20-,42?,43?;9-,10-,11-,12-,14+,15-,16-,20-,42?,43?;7-,8+,9+,10+,13+,14+,18+,40?,41?/m110/s1. The normalized spacial score (nSPS) is 37.3. The van der Waals surface area contributed by atoms with Crippen molar-refractivity contribution in [3.05, 3.63) is 98.7 Å². The van der Waals surface area contributed by atoms with Gasteiger partial charge in [-0.15, -0.1) is 22.0 Å². The number of nitrogens with one attached hydrogen (secondary N) is 3. The molecule has 6 bridgehead atoms. The molecule has 0 aliphatic carbocycles. The number of nitrogens with two attached hydrogens (primary N) is 6. The number of hydrogen-bond acceptors (Lipinski definition) is 48. The number of hydrogen-bond donors (Lipinski definition) is 16. The van der Waals surface area contributed by atoms with Gasteiger partial charge in [0.2, 0.25) is 17.8 Å². The third-order valence-electron chi connectivity index (χ3n) is 21.8. The van der Waals surface area contributed by atoms with E-state index < -0.39 is 230 Å². The minimum Gasteiger partial charge on any atom is -0.397 e. The number of aromatic nitrogens is 23. The van der Waals surface area contributed by atoms with Gasteiger partial charge in [0, 0.05) is 18.8 Å². The molecule has 0 saturated carbocycles. The Morgan fingerprint density at radius 3 is 1.50 bits per heavy atom. The summed E-state index contributed by atoms with van der Waals surface area (Å²) < 4.78 is 181. The number of aliphatic hydroxyl groups is 1. The van der Waals surface area contributed by atoms with Gasteiger partial charge < -0.3 is 115 Å². The van der Waals surface area contributed by atoms with Crippen LogP contribution in [0.1, 0.15) is 48.5 Å². The molecule has 29 atom stereocenters. The zero-order valence-corrected chi connectivity index (χ0v) is 77.9. The number of anilines is 6. The van der Waals surface area contributed by atoms with Gasteiger partial charge >= 0.3 is 40.4 Å². The smallest absolute Gasteiger partial charge is 0.386 e. The highest BCUT2D eigenvalue weighted by Gasteiger charge is 2.58. The predicted octanol–water partition coefficient (Wildman–Crippen LogP) is 0.595. The zero-order chi connectivity index (χ0) is 94.6. The highest BCUT2D eigenvalue weighted by Crippen LogP contribution is 2.62. The SMILES string of the molecule is Nc1nc2c(ncn2[C@@H]2O[C@@H]3COP(O)(=S)O[C@H]4[C@@H](F)[C@H](n5cnc6c(N)ccnc65)O[C@@H]4COP(O)(=S)O[C@@H]2[C@@H]3F)c(=O)[nH]1.Nc1nc2c(ncn2[C@@H]2O[C@@H]3COP(O)(=S)O[C@H]4[C@H](F)[C@H](c5cnc6c(N)ccnn56)O[C@@H]4COP(O)(=S)O[C@@H]2[C@@H]3F)c(=O)[nH]1.Nc1nc2c(nnn2[C@@H]2S[C@@H]3COP(O)(=S)O[C@H]4C[C@H](n5nnc6c(N)ccnc65)O[C@@H]4COP(=O)(S)O[C@@H]2[C@@H]3O)c(=O)[nH]1. The first kappa shape index (κ1) is 95.5. The minimum absolute atomic E-state index is 0.0112. The Morgan fingerprint density at radius 2 is 0.910 bits per heavy atom. The number of alkyl halides is 4. The molecular weight excluding hydrogens is 2060 g/mol. The van der Waals surface area contributed by atoms with E-state index in [1.807, 2.05) is 0 Å². The molecule has 0 amide bonds. The van der Waals surface area contributed by atoms with Crippen molar-refractivity contribution in [3.8, 4) is 0 Å². The second-order valence-electron chi connectivity index (χ2n) is 30.3. The van der Waals surface area contributed by atoms with Crippen LogP contribution >= 0.6 is 64.4 Å². The molecule has 0 aromatic carbocycles. The molecule has 73 heteroatoms. The largest absolute Gasteiger partial charge is 0.397 e. The Labute approximate surface area is 776 Å². The maximum atomic E-state index is 16.0. The van der Waals surface area contributed by atoms with E-state index in [1.165, 1.54) is 61.7 Å². The van der Waals surface area contributed by atoms with Crippen molar-refractivity contribution in [1.29, 1.82) is 0 Å². The van der Waals surface area contributed by atoms with Crippen molar-refractivity contribution in [2.45, 2.75) is 146 Å². The highest BCUT2D eigenvalue weighted by molar-refractivity contribution is 8.44. The second kappa shape index (κ2) is 36.6. The van der Waals surface area contributed by atoms with Crippen molar-refractivity contribution in [2.75, 3.05) is 74.0 Å². The van der Waals surface area contributed by atoms with Gasteiger partial charge in [-0.25, -0.2) is 61.2 Å². The van der Waals surface area contributed by atoms with Gasteiger partial charge in [0.15, 0.2) is 106 Å². The first-order valence-electron chi connectivity index (χ1n) is 38.8. The van der Waals surface area contributed by atoms with Crippen molar-refractivity contribution >= 4 is 220 Å². The van der Waals surface area contributed by atoms with Crippen LogP contribution in [0.3, 0.4) is 0 Å². The molecule has 720 valence electrons. The molecule has 21 N–H and O–H groups in total. The lowest BCUT2D eigenvalue weighted by Gasteiger charge is -2.27. The fourth-order valence-electron chi connectivity index (χ4n) is 15.7. The topological polar surface area (TPSA) is 760 Å². The third kappa shape index (κ3) is 18.7. The predicted molar refractivity (Wildman–Crippen MR) is 472 cm³/mol. The summed E-state index contributed by atoms with van der Waals surface area (Å²) in [5, 5.41) is 29.6. The molecular formula is C61H69F4N29O27P6S7. The molecule has 12 aromatic rings. The van der Waals surface area contributed by atoms with E-state index in [9.17, 15) is 48.5 Å². The van der Waals surface area contributed by atoms with E-state index >= 15 is 17.6 Å². The molecule has 134 heavy (non-hydrogen) atoms. The van der Waals surface area contributed by atoms with Crippen LogP contribution in [0.2, 0.25) is 0 Å². The van der Waals surface area contributed by atoms with Crippen LogP contribution < -0.4 is 51.1 Å². The summed E-state index contributed by atoms with van der Waals surface area (Å²) in [5.41, 5.74) is 34.9. The van der Waals surface area contributed by atoms with Crippen LogP contribution in [-0.4, -0.2) is 286 Å². The maximum Gasteiger partial charge on any atom is 0.386 e. The van der Waals surface area contributed by atoms with Crippen molar-refractivity contribution in [1.82, 2.24) is 113 Å². The fraction of sp³-hybridized carbons (Fsp3) is 0.492. The Kier molecular flexibility index (Phi) is 26.1. The number of H-pyrrole nitrogens is 3. The van der Waals surface area contributed by atoms with Crippen LogP contribution in [-0.2, 0) is 142 Å². The van der Waals surface area contributed by atoms with E-state index in [1.54, 1.807) is 6.07 Å². The number of nitrogen functional groups attached to an aromatic ring is 6. The monoisotopic (exact) mass is 2130 g/mol. The summed E-state index contributed by atoms with van der Waals surface area (Å²) in [6.45, 7) is -28.9. The number of imidazole rings is 4. The summed E-state index contributed by atoms with van der Waals surface area (Å²) in [4.78, 5) is 136. The first-order valence-corrected chi connectivity index (χ1v) is 55.4. The lowest BCUT2D eigenvalue weighted by molar-refractivity contribution is -0.0599. The van der Waals surface area contributed by atoms with Crippen LogP contribution in [0.5, 0.6) is 0 Å². The summed E-state index contributed by atoms with van der Waals surface area (Å²) in [6, 6.07) is 4.61. The Morgan fingerprint density at radius 1 is 0.448 bits per heavy atom. The van der Waals surface area contributed by atoms with Gasteiger partial charge in [0.25, 0.3) is 16.7 Å². The van der Waals surface area contributed by atoms with Crippen LogP contribution in [0.4, 0.5) is 52.5 Å². The molecule has 9 aliphatic rings.